The third kappa shape index (κ3) is 3.88. The summed E-state index contributed by atoms with van der Waals surface area (Å²) in [7, 11) is 1.63. The summed E-state index contributed by atoms with van der Waals surface area (Å²) in [6.45, 7) is 0.969. The highest BCUT2D eigenvalue weighted by molar-refractivity contribution is 5.84. The quantitative estimate of drug-likeness (QED) is 0.840. The van der Waals surface area contributed by atoms with E-state index in [9.17, 15) is 9.59 Å². The number of carbonyl (C=O) groups is 2. The molecule has 5 nitrogen and oxygen atoms in total. The highest BCUT2D eigenvalue weighted by Gasteiger charge is 2.46. The molecule has 0 spiro atoms. The molecule has 1 aliphatic carbocycles. The largest absolute Gasteiger partial charge is 0.497 e. The number of amides is 2. The first-order valence-corrected chi connectivity index (χ1v) is 9.88. The molecule has 2 aliphatic rings. The molecule has 0 aromatic heterocycles. The van der Waals surface area contributed by atoms with E-state index in [0.29, 0.717) is 25.9 Å². The van der Waals surface area contributed by atoms with E-state index in [2.05, 4.69) is 17.4 Å². The van der Waals surface area contributed by atoms with Gasteiger partial charge in [-0.15, -0.1) is 0 Å². The number of nitrogens with one attached hydrogen (secondary N) is 1. The number of rotatable bonds is 6. The van der Waals surface area contributed by atoms with Crippen LogP contribution in [0.5, 0.6) is 5.75 Å². The van der Waals surface area contributed by atoms with Crippen molar-refractivity contribution in [3.63, 3.8) is 0 Å². The van der Waals surface area contributed by atoms with Crippen LogP contribution in [0.15, 0.2) is 54.6 Å². The monoisotopic (exact) mass is 378 g/mol. The highest BCUT2D eigenvalue weighted by Crippen LogP contribution is 2.45. The van der Waals surface area contributed by atoms with Crippen LogP contribution in [0.25, 0.3) is 0 Å². The molecule has 2 aromatic carbocycles. The zero-order valence-corrected chi connectivity index (χ0v) is 16.2. The van der Waals surface area contributed by atoms with Crippen molar-refractivity contribution in [2.24, 2.45) is 5.92 Å². The van der Waals surface area contributed by atoms with Gasteiger partial charge in [-0.25, -0.2) is 0 Å². The Morgan fingerprint density at radius 2 is 1.96 bits per heavy atom. The average molecular weight is 378 g/mol. The Bertz CT molecular complexity index is 861. The summed E-state index contributed by atoms with van der Waals surface area (Å²) in [5, 5.41) is 3.27. The SMILES string of the molecule is COc1cccc(CN2C[C@@H](C(=O)NC3(c4ccccc4)CC3)CCC2=O)c1. The van der Waals surface area contributed by atoms with E-state index in [-0.39, 0.29) is 23.3 Å². The first-order chi connectivity index (χ1) is 13.6. The Kier molecular flexibility index (Phi) is 5.07. The Hall–Kier alpha value is -2.82. The second kappa shape index (κ2) is 7.66. The van der Waals surface area contributed by atoms with Crippen LogP contribution in [0.4, 0.5) is 0 Å². The molecule has 28 heavy (non-hydrogen) atoms. The van der Waals surface area contributed by atoms with E-state index < -0.39 is 0 Å². The van der Waals surface area contributed by atoms with Gasteiger partial charge in [0, 0.05) is 19.5 Å². The zero-order chi connectivity index (χ0) is 19.6. The van der Waals surface area contributed by atoms with Gasteiger partial charge in [0.2, 0.25) is 11.8 Å². The topological polar surface area (TPSA) is 58.6 Å². The number of benzene rings is 2. The summed E-state index contributed by atoms with van der Waals surface area (Å²) in [6, 6.07) is 17.9. The van der Waals surface area contributed by atoms with Gasteiger partial charge in [0.05, 0.1) is 18.6 Å². The van der Waals surface area contributed by atoms with Crippen molar-refractivity contribution in [3.05, 3.63) is 65.7 Å². The minimum atomic E-state index is -0.211. The average Bonchev–Trinajstić information content (AvgIpc) is 3.51. The van der Waals surface area contributed by atoms with Crippen LogP contribution >= 0.6 is 0 Å². The molecule has 0 radical (unpaired) electrons. The van der Waals surface area contributed by atoms with Gasteiger partial charge < -0.3 is 15.0 Å². The van der Waals surface area contributed by atoms with Gasteiger partial charge in [-0.05, 0) is 42.5 Å². The van der Waals surface area contributed by atoms with Crippen molar-refractivity contribution < 1.29 is 14.3 Å². The molecule has 2 amide bonds. The van der Waals surface area contributed by atoms with Gasteiger partial charge in [-0.2, -0.15) is 0 Å². The summed E-state index contributed by atoms with van der Waals surface area (Å²) in [4.78, 5) is 27.2. The fraction of sp³-hybridized carbons (Fsp3) is 0.391. The van der Waals surface area contributed by atoms with Crippen molar-refractivity contribution >= 4 is 11.8 Å². The van der Waals surface area contributed by atoms with Gasteiger partial charge in [0.15, 0.2) is 0 Å². The first-order valence-electron chi connectivity index (χ1n) is 9.88. The van der Waals surface area contributed by atoms with Crippen LogP contribution in [-0.4, -0.2) is 30.4 Å². The van der Waals surface area contributed by atoms with Crippen LogP contribution in [0.1, 0.15) is 36.8 Å². The molecule has 2 aromatic rings. The predicted molar refractivity (Wildman–Crippen MR) is 107 cm³/mol. The summed E-state index contributed by atoms with van der Waals surface area (Å²) >= 11 is 0. The molecule has 5 heteroatoms. The molecule has 1 N–H and O–H groups in total. The first kappa shape index (κ1) is 18.5. The summed E-state index contributed by atoms with van der Waals surface area (Å²) in [5.41, 5.74) is 1.97. The molecule has 1 saturated carbocycles. The molecule has 0 bridgehead atoms. The predicted octanol–water partition coefficient (Wildman–Crippen LogP) is 3.24. The van der Waals surface area contributed by atoms with E-state index in [0.717, 1.165) is 24.2 Å². The number of nitrogens with zero attached hydrogens (tertiary/aromatic N) is 1. The van der Waals surface area contributed by atoms with Crippen LogP contribution in [-0.2, 0) is 21.7 Å². The molecule has 4 rings (SSSR count). The van der Waals surface area contributed by atoms with Crippen molar-refractivity contribution in [2.75, 3.05) is 13.7 Å². The number of ether oxygens (including phenoxy) is 1. The maximum absolute atomic E-state index is 13.0. The maximum Gasteiger partial charge on any atom is 0.225 e. The number of likely N-dealkylation sites (tertiary alicyclic amines) is 1. The van der Waals surface area contributed by atoms with Crippen LogP contribution in [0.3, 0.4) is 0 Å². The minimum absolute atomic E-state index is 0.0597. The Labute approximate surface area is 165 Å². The number of carbonyl (C=O) groups excluding carboxylic acids is 2. The number of piperidine rings is 1. The van der Waals surface area contributed by atoms with Crippen molar-refractivity contribution in [2.45, 2.75) is 37.8 Å². The normalized spacial score (nSPS) is 20.5. The molecule has 1 saturated heterocycles. The number of hydrogen-bond donors (Lipinski definition) is 1. The molecule has 146 valence electrons. The van der Waals surface area contributed by atoms with E-state index in [1.54, 1.807) is 12.0 Å². The standard InChI is InChI=1S/C23H26N2O3/c1-28-20-9-5-6-17(14-20)15-25-16-18(10-11-21(25)26)22(27)24-23(12-13-23)19-7-3-2-4-8-19/h2-9,14,18H,10-13,15-16H2,1H3,(H,24,27)/t18-/m0/s1. The molecule has 1 heterocycles. The lowest BCUT2D eigenvalue weighted by Gasteiger charge is -2.33. The smallest absolute Gasteiger partial charge is 0.225 e. The van der Waals surface area contributed by atoms with E-state index in [1.165, 1.54) is 5.56 Å². The van der Waals surface area contributed by atoms with Gasteiger partial charge in [-0.1, -0.05) is 42.5 Å². The highest BCUT2D eigenvalue weighted by atomic mass is 16.5. The lowest BCUT2D eigenvalue weighted by atomic mass is 9.94. The second-order valence-electron chi connectivity index (χ2n) is 7.80. The van der Waals surface area contributed by atoms with Crippen molar-refractivity contribution in [1.29, 1.82) is 0 Å². The van der Waals surface area contributed by atoms with Crippen LogP contribution < -0.4 is 10.1 Å². The fourth-order valence-corrected chi connectivity index (χ4v) is 3.98. The zero-order valence-electron chi connectivity index (χ0n) is 16.2. The molecule has 2 fully saturated rings. The second-order valence-corrected chi connectivity index (χ2v) is 7.80. The minimum Gasteiger partial charge on any atom is -0.497 e. The van der Waals surface area contributed by atoms with Gasteiger partial charge in [-0.3, -0.25) is 9.59 Å². The summed E-state index contributed by atoms with van der Waals surface area (Å²) in [6.07, 6.45) is 2.98. The van der Waals surface area contributed by atoms with Gasteiger partial charge >= 0.3 is 0 Å². The fourth-order valence-electron chi connectivity index (χ4n) is 3.98. The van der Waals surface area contributed by atoms with E-state index in [4.69, 9.17) is 4.74 Å². The van der Waals surface area contributed by atoms with Crippen molar-refractivity contribution in [1.82, 2.24) is 10.2 Å². The van der Waals surface area contributed by atoms with Crippen LogP contribution in [0, 0.1) is 5.92 Å². The number of hydrogen-bond acceptors (Lipinski definition) is 3. The van der Waals surface area contributed by atoms with Gasteiger partial charge in [0.25, 0.3) is 0 Å². The molecule has 1 atom stereocenters. The van der Waals surface area contributed by atoms with Crippen LogP contribution in [0.2, 0.25) is 0 Å². The molecular weight excluding hydrogens is 352 g/mol. The molecular formula is C23H26N2O3. The summed E-state index contributed by atoms with van der Waals surface area (Å²) in [5.74, 6) is 0.778. The van der Waals surface area contributed by atoms with Crippen molar-refractivity contribution in [3.8, 4) is 5.75 Å². The van der Waals surface area contributed by atoms with E-state index in [1.807, 2.05) is 42.5 Å². The van der Waals surface area contributed by atoms with E-state index >= 15 is 0 Å². The lowest BCUT2D eigenvalue weighted by Crippen LogP contribution is -2.47. The Morgan fingerprint density at radius 3 is 2.68 bits per heavy atom. The molecule has 1 aliphatic heterocycles. The Morgan fingerprint density at radius 1 is 1.18 bits per heavy atom. The maximum atomic E-state index is 13.0. The number of methoxy groups -OCH3 is 1. The lowest BCUT2D eigenvalue weighted by molar-refractivity contribution is -0.139. The molecule has 0 unspecified atom stereocenters. The third-order valence-electron chi connectivity index (χ3n) is 5.82. The third-order valence-corrected chi connectivity index (χ3v) is 5.82. The Balaban J connectivity index is 1.41. The van der Waals surface area contributed by atoms with Gasteiger partial charge in [0.1, 0.15) is 5.75 Å². The summed E-state index contributed by atoms with van der Waals surface area (Å²) < 4.78 is 5.27.